The molecule has 0 saturated heterocycles. The number of amides is 1. The Morgan fingerprint density at radius 1 is 1.33 bits per heavy atom. The van der Waals surface area contributed by atoms with Crippen LogP contribution in [-0.4, -0.2) is 69.0 Å². The first-order chi connectivity index (χ1) is 9.95. The Labute approximate surface area is 128 Å². The van der Waals surface area contributed by atoms with Crippen LogP contribution in [0, 0.1) is 0 Å². The Bertz CT molecular complexity index is 317. The van der Waals surface area contributed by atoms with E-state index in [0.717, 1.165) is 32.4 Å². The van der Waals surface area contributed by atoms with Gasteiger partial charge in [-0.15, -0.1) is 0 Å². The van der Waals surface area contributed by atoms with Gasteiger partial charge in [0.15, 0.2) is 0 Å². The number of methoxy groups -OCH3 is 2. The summed E-state index contributed by atoms with van der Waals surface area (Å²) in [6, 6.07) is 0.580. The van der Waals surface area contributed by atoms with Gasteiger partial charge >= 0.3 is 0 Å². The molecule has 0 bridgehead atoms. The third-order valence-corrected chi connectivity index (χ3v) is 4.21. The minimum atomic E-state index is -0.572. The molecule has 1 rings (SSSR count). The molecule has 1 saturated carbocycles. The highest BCUT2D eigenvalue weighted by atomic mass is 16.5. The zero-order chi connectivity index (χ0) is 15.9. The van der Waals surface area contributed by atoms with E-state index in [2.05, 4.69) is 10.2 Å². The number of nitrogens with zero attached hydrogens (tertiary/aromatic N) is 1. The lowest BCUT2D eigenvalue weighted by molar-refractivity contribution is -0.124. The second kappa shape index (κ2) is 8.68. The van der Waals surface area contributed by atoms with Crippen molar-refractivity contribution in [2.45, 2.75) is 50.7 Å². The molecule has 6 nitrogen and oxygen atoms in total. The molecule has 1 amide bonds. The second-order valence-corrected chi connectivity index (χ2v) is 6.16. The summed E-state index contributed by atoms with van der Waals surface area (Å²) >= 11 is 0. The van der Waals surface area contributed by atoms with Crippen molar-refractivity contribution in [3.63, 3.8) is 0 Å². The molecule has 0 aliphatic heterocycles. The van der Waals surface area contributed by atoms with Crippen molar-refractivity contribution in [3.8, 4) is 0 Å². The van der Waals surface area contributed by atoms with Crippen molar-refractivity contribution in [3.05, 3.63) is 0 Å². The van der Waals surface area contributed by atoms with Crippen LogP contribution in [0.2, 0.25) is 0 Å². The fraction of sp³-hybridized carbons (Fsp3) is 0.933. The molecule has 0 aromatic carbocycles. The molecule has 0 aromatic rings. The fourth-order valence-electron chi connectivity index (χ4n) is 3.20. The van der Waals surface area contributed by atoms with Crippen LogP contribution in [-0.2, 0) is 14.3 Å². The lowest BCUT2D eigenvalue weighted by atomic mass is 9.95. The molecule has 0 radical (unpaired) electrons. The lowest BCUT2D eigenvalue weighted by Crippen LogP contribution is -2.57. The number of nitrogens with one attached hydrogen (secondary N) is 1. The van der Waals surface area contributed by atoms with Gasteiger partial charge in [0.05, 0.1) is 18.8 Å². The number of ether oxygens (including phenoxy) is 2. The molecule has 6 heteroatoms. The van der Waals surface area contributed by atoms with Crippen molar-refractivity contribution in [1.82, 2.24) is 10.2 Å². The molecular weight excluding hydrogens is 270 g/mol. The standard InChI is InChI=1S/C15H31N3O3/c1-12(2)17-15(14(16)19)6-5-13(11-15)18(7-9-20-3)8-10-21-4/h12-13,17H,5-11H2,1-4H3,(H2,16,19). The highest BCUT2D eigenvalue weighted by Gasteiger charge is 2.45. The van der Waals surface area contributed by atoms with Gasteiger partial charge in [-0.05, 0) is 33.1 Å². The summed E-state index contributed by atoms with van der Waals surface area (Å²) in [4.78, 5) is 14.3. The Balaban J connectivity index is 2.71. The highest BCUT2D eigenvalue weighted by molar-refractivity contribution is 5.85. The molecule has 21 heavy (non-hydrogen) atoms. The molecule has 1 fully saturated rings. The Kier molecular flexibility index (Phi) is 7.59. The van der Waals surface area contributed by atoms with E-state index in [1.807, 2.05) is 13.8 Å². The van der Waals surface area contributed by atoms with Crippen LogP contribution in [0.4, 0.5) is 0 Å². The van der Waals surface area contributed by atoms with Crippen molar-refractivity contribution < 1.29 is 14.3 Å². The number of rotatable bonds is 10. The third-order valence-electron chi connectivity index (χ3n) is 4.21. The van der Waals surface area contributed by atoms with Crippen LogP contribution in [0.3, 0.4) is 0 Å². The largest absolute Gasteiger partial charge is 0.383 e. The summed E-state index contributed by atoms with van der Waals surface area (Å²) < 4.78 is 10.4. The van der Waals surface area contributed by atoms with E-state index in [1.165, 1.54) is 0 Å². The van der Waals surface area contributed by atoms with E-state index in [0.29, 0.717) is 19.3 Å². The summed E-state index contributed by atoms with van der Waals surface area (Å²) in [7, 11) is 3.41. The third kappa shape index (κ3) is 5.21. The maximum Gasteiger partial charge on any atom is 0.237 e. The number of carbonyl (C=O) groups is 1. The SMILES string of the molecule is COCCN(CCOC)C1CCC(NC(C)C)(C(N)=O)C1. The topological polar surface area (TPSA) is 76.8 Å². The molecule has 2 atom stereocenters. The highest BCUT2D eigenvalue weighted by Crippen LogP contribution is 2.33. The summed E-state index contributed by atoms with van der Waals surface area (Å²) in [6.07, 6.45) is 2.52. The fourth-order valence-corrected chi connectivity index (χ4v) is 3.20. The summed E-state index contributed by atoms with van der Waals surface area (Å²) in [5.74, 6) is -0.239. The molecule has 0 spiro atoms. The molecule has 3 N–H and O–H groups in total. The first kappa shape index (κ1) is 18.4. The van der Waals surface area contributed by atoms with Crippen molar-refractivity contribution in [1.29, 1.82) is 0 Å². The van der Waals surface area contributed by atoms with Crippen LogP contribution in [0.5, 0.6) is 0 Å². The quantitative estimate of drug-likeness (QED) is 0.609. The average molecular weight is 301 g/mol. The van der Waals surface area contributed by atoms with Crippen LogP contribution in [0.15, 0.2) is 0 Å². The Morgan fingerprint density at radius 3 is 2.33 bits per heavy atom. The van der Waals surface area contributed by atoms with Gasteiger partial charge < -0.3 is 20.5 Å². The minimum absolute atomic E-state index is 0.239. The van der Waals surface area contributed by atoms with E-state index in [4.69, 9.17) is 15.2 Å². The predicted octanol–water partition coefficient (Wildman–Crippen LogP) is 0.356. The minimum Gasteiger partial charge on any atom is -0.383 e. The van der Waals surface area contributed by atoms with Gasteiger partial charge in [-0.1, -0.05) is 0 Å². The van der Waals surface area contributed by atoms with Crippen LogP contribution < -0.4 is 11.1 Å². The maximum atomic E-state index is 11.9. The summed E-state index contributed by atoms with van der Waals surface area (Å²) in [5.41, 5.74) is 5.10. The van der Waals surface area contributed by atoms with E-state index < -0.39 is 5.54 Å². The molecule has 1 aliphatic carbocycles. The van der Waals surface area contributed by atoms with Gasteiger partial charge in [-0.2, -0.15) is 0 Å². The molecule has 124 valence electrons. The van der Waals surface area contributed by atoms with Crippen molar-refractivity contribution >= 4 is 5.91 Å². The van der Waals surface area contributed by atoms with Crippen LogP contribution >= 0.6 is 0 Å². The van der Waals surface area contributed by atoms with Crippen molar-refractivity contribution in [2.75, 3.05) is 40.5 Å². The smallest absolute Gasteiger partial charge is 0.237 e. The Hall–Kier alpha value is -0.690. The van der Waals surface area contributed by atoms with Gasteiger partial charge in [-0.3, -0.25) is 9.69 Å². The van der Waals surface area contributed by atoms with Crippen LogP contribution in [0.1, 0.15) is 33.1 Å². The predicted molar refractivity (Wildman–Crippen MR) is 83.2 cm³/mol. The van der Waals surface area contributed by atoms with E-state index in [-0.39, 0.29) is 11.9 Å². The zero-order valence-corrected chi connectivity index (χ0v) is 13.9. The van der Waals surface area contributed by atoms with Crippen molar-refractivity contribution in [2.24, 2.45) is 5.73 Å². The van der Waals surface area contributed by atoms with E-state index in [1.54, 1.807) is 14.2 Å². The average Bonchev–Trinajstić information content (AvgIpc) is 2.83. The Morgan fingerprint density at radius 2 is 1.90 bits per heavy atom. The molecule has 0 heterocycles. The van der Waals surface area contributed by atoms with Gasteiger partial charge in [-0.25, -0.2) is 0 Å². The normalized spacial score (nSPS) is 25.9. The number of hydrogen-bond acceptors (Lipinski definition) is 5. The molecule has 1 aliphatic rings. The van der Waals surface area contributed by atoms with E-state index >= 15 is 0 Å². The first-order valence-electron chi connectivity index (χ1n) is 7.74. The number of nitrogens with two attached hydrogens (primary N) is 1. The summed E-state index contributed by atoms with van der Waals surface area (Å²) in [6.45, 7) is 7.15. The zero-order valence-electron chi connectivity index (χ0n) is 13.9. The number of hydrogen-bond donors (Lipinski definition) is 2. The molecule has 0 aromatic heterocycles. The maximum absolute atomic E-state index is 11.9. The second-order valence-electron chi connectivity index (χ2n) is 6.16. The number of carbonyl (C=O) groups excluding carboxylic acids is 1. The lowest BCUT2D eigenvalue weighted by Gasteiger charge is -2.32. The number of primary amides is 1. The monoisotopic (exact) mass is 301 g/mol. The summed E-state index contributed by atoms with van der Waals surface area (Å²) in [5, 5.41) is 3.39. The first-order valence-corrected chi connectivity index (χ1v) is 7.74. The van der Waals surface area contributed by atoms with Gasteiger partial charge in [0.2, 0.25) is 5.91 Å². The molecular formula is C15H31N3O3. The van der Waals surface area contributed by atoms with Gasteiger partial charge in [0, 0.05) is 39.4 Å². The van der Waals surface area contributed by atoms with E-state index in [9.17, 15) is 4.79 Å². The van der Waals surface area contributed by atoms with Gasteiger partial charge in [0.25, 0.3) is 0 Å². The molecule has 2 unspecified atom stereocenters. The van der Waals surface area contributed by atoms with Crippen LogP contribution in [0.25, 0.3) is 0 Å². The van der Waals surface area contributed by atoms with Gasteiger partial charge in [0.1, 0.15) is 0 Å².